The van der Waals surface area contributed by atoms with Gasteiger partial charge >= 0.3 is 0 Å². The van der Waals surface area contributed by atoms with Crippen molar-refractivity contribution in [2.24, 2.45) is 0 Å². The molecule has 3 heteroatoms. The number of nitrogens with one attached hydrogen (secondary N) is 1. The van der Waals surface area contributed by atoms with Gasteiger partial charge in [-0.15, -0.1) is 0 Å². The molecule has 0 saturated carbocycles. The molecule has 0 bridgehead atoms. The van der Waals surface area contributed by atoms with E-state index in [0.717, 1.165) is 32.4 Å². The highest BCUT2D eigenvalue weighted by Crippen LogP contribution is 2.19. The summed E-state index contributed by atoms with van der Waals surface area (Å²) in [6.45, 7) is 8.62. The predicted octanol–water partition coefficient (Wildman–Crippen LogP) is 3.88. The Morgan fingerprint density at radius 1 is 1.14 bits per heavy atom. The van der Waals surface area contributed by atoms with Crippen LogP contribution in [-0.2, 0) is 13.0 Å². The standard InChI is InChI=1S/C18H27N3/c1-4-10-19-17(16-8-6-15(3)7-9-16)14-18-20-11-13-21(18)12-5-2/h6-9,11,13,17,19H,4-5,10,12,14H2,1-3H3. The van der Waals surface area contributed by atoms with Gasteiger partial charge in [0.05, 0.1) is 0 Å². The Kier molecular flexibility index (Phi) is 6.00. The molecule has 114 valence electrons. The van der Waals surface area contributed by atoms with Crippen molar-refractivity contribution in [3.63, 3.8) is 0 Å². The quantitative estimate of drug-likeness (QED) is 0.797. The maximum atomic E-state index is 4.55. The third kappa shape index (κ3) is 4.43. The minimum Gasteiger partial charge on any atom is -0.335 e. The van der Waals surface area contributed by atoms with Crippen molar-refractivity contribution < 1.29 is 0 Å². The van der Waals surface area contributed by atoms with E-state index in [9.17, 15) is 0 Å². The second-order valence-electron chi connectivity index (χ2n) is 5.66. The first kappa shape index (κ1) is 15.8. The second-order valence-corrected chi connectivity index (χ2v) is 5.66. The highest BCUT2D eigenvalue weighted by Gasteiger charge is 2.14. The van der Waals surface area contributed by atoms with E-state index >= 15 is 0 Å². The van der Waals surface area contributed by atoms with Crippen LogP contribution in [0.2, 0.25) is 0 Å². The Morgan fingerprint density at radius 3 is 2.57 bits per heavy atom. The average molecular weight is 285 g/mol. The molecule has 2 rings (SSSR count). The van der Waals surface area contributed by atoms with Gasteiger partial charge in [-0.1, -0.05) is 43.7 Å². The number of nitrogens with zero attached hydrogens (tertiary/aromatic N) is 2. The van der Waals surface area contributed by atoms with Crippen molar-refractivity contribution in [3.05, 3.63) is 53.6 Å². The number of aromatic nitrogens is 2. The summed E-state index contributed by atoms with van der Waals surface area (Å²) in [6, 6.07) is 9.18. The zero-order chi connectivity index (χ0) is 15.1. The lowest BCUT2D eigenvalue weighted by Crippen LogP contribution is -2.25. The van der Waals surface area contributed by atoms with E-state index in [-0.39, 0.29) is 0 Å². The molecular formula is C18H27N3. The number of hydrogen-bond acceptors (Lipinski definition) is 2. The van der Waals surface area contributed by atoms with Crippen molar-refractivity contribution in [1.29, 1.82) is 0 Å². The van der Waals surface area contributed by atoms with Crippen LogP contribution < -0.4 is 5.32 Å². The first-order valence-electron chi connectivity index (χ1n) is 8.04. The van der Waals surface area contributed by atoms with Crippen LogP contribution in [0.15, 0.2) is 36.7 Å². The summed E-state index contributed by atoms with van der Waals surface area (Å²) in [6.07, 6.45) is 7.23. The second kappa shape index (κ2) is 7.99. The minimum atomic E-state index is 0.337. The molecule has 1 atom stereocenters. The van der Waals surface area contributed by atoms with Gasteiger partial charge in [-0.2, -0.15) is 0 Å². The topological polar surface area (TPSA) is 29.9 Å². The van der Waals surface area contributed by atoms with Gasteiger partial charge in [-0.3, -0.25) is 0 Å². The van der Waals surface area contributed by atoms with Crippen LogP contribution >= 0.6 is 0 Å². The van der Waals surface area contributed by atoms with Crippen molar-refractivity contribution in [2.75, 3.05) is 6.54 Å². The summed E-state index contributed by atoms with van der Waals surface area (Å²) in [5, 5.41) is 3.66. The van der Waals surface area contributed by atoms with Gasteiger partial charge in [0.1, 0.15) is 5.82 Å². The van der Waals surface area contributed by atoms with Crippen molar-refractivity contribution in [3.8, 4) is 0 Å². The molecule has 1 N–H and O–H groups in total. The Balaban J connectivity index is 2.15. The molecule has 3 nitrogen and oxygen atoms in total. The molecule has 0 spiro atoms. The summed E-state index contributed by atoms with van der Waals surface area (Å²) < 4.78 is 2.27. The number of imidazole rings is 1. The zero-order valence-electron chi connectivity index (χ0n) is 13.5. The van der Waals surface area contributed by atoms with Crippen LogP contribution in [-0.4, -0.2) is 16.1 Å². The Labute approximate surface area is 128 Å². The summed E-state index contributed by atoms with van der Waals surface area (Å²) in [4.78, 5) is 4.55. The molecule has 0 aliphatic heterocycles. The lowest BCUT2D eigenvalue weighted by molar-refractivity contribution is 0.502. The van der Waals surface area contributed by atoms with Gasteiger partial charge in [0, 0.05) is 31.4 Å². The van der Waals surface area contributed by atoms with E-state index in [4.69, 9.17) is 0 Å². The Bertz CT molecular complexity index is 528. The van der Waals surface area contributed by atoms with E-state index < -0.39 is 0 Å². The molecule has 0 radical (unpaired) electrons. The van der Waals surface area contributed by atoms with E-state index in [1.165, 1.54) is 17.0 Å². The van der Waals surface area contributed by atoms with Gasteiger partial charge < -0.3 is 9.88 Å². The lowest BCUT2D eigenvalue weighted by atomic mass is 10.0. The third-order valence-electron chi connectivity index (χ3n) is 3.77. The highest BCUT2D eigenvalue weighted by molar-refractivity contribution is 5.25. The molecule has 21 heavy (non-hydrogen) atoms. The van der Waals surface area contributed by atoms with Crippen molar-refractivity contribution in [2.45, 2.75) is 52.6 Å². The fourth-order valence-electron chi connectivity index (χ4n) is 2.58. The molecule has 0 saturated heterocycles. The van der Waals surface area contributed by atoms with Crippen LogP contribution in [0, 0.1) is 6.92 Å². The Hall–Kier alpha value is -1.61. The van der Waals surface area contributed by atoms with Crippen LogP contribution in [0.4, 0.5) is 0 Å². The van der Waals surface area contributed by atoms with Gasteiger partial charge in [0.2, 0.25) is 0 Å². The first-order chi connectivity index (χ1) is 10.2. The van der Waals surface area contributed by atoms with E-state index in [1.807, 2.05) is 6.20 Å². The normalized spacial score (nSPS) is 12.5. The fraction of sp³-hybridized carbons (Fsp3) is 0.500. The lowest BCUT2D eigenvalue weighted by Gasteiger charge is -2.19. The monoisotopic (exact) mass is 285 g/mol. The van der Waals surface area contributed by atoms with Crippen LogP contribution in [0.1, 0.15) is 49.7 Å². The van der Waals surface area contributed by atoms with Crippen LogP contribution in [0.5, 0.6) is 0 Å². The highest BCUT2D eigenvalue weighted by atomic mass is 15.1. The molecule has 0 aliphatic rings. The molecular weight excluding hydrogens is 258 g/mol. The fourth-order valence-corrected chi connectivity index (χ4v) is 2.58. The number of hydrogen-bond donors (Lipinski definition) is 1. The van der Waals surface area contributed by atoms with Gasteiger partial charge in [-0.25, -0.2) is 4.98 Å². The van der Waals surface area contributed by atoms with Crippen LogP contribution in [0.3, 0.4) is 0 Å². The Morgan fingerprint density at radius 2 is 1.90 bits per heavy atom. The minimum absolute atomic E-state index is 0.337. The SMILES string of the molecule is CCCNC(Cc1nccn1CCC)c1ccc(C)cc1. The molecule has 1 heterocycles. The van der Waals surface area contributed by atoms with Crippen LogP contribution in [0.25, 0.3) is 0 Å². The largest absolute Gasteiger partial charge is 0.335 e. The summed E-state index contributed by atoms with van der Waals surface area (Å²) in [5.74, 6) is 1.17. The van der Waals surface area contributed by atoms with Gasteiger partial charge in [-0.05, 0) is 31.9 Å². The molecule has 1 unspecified atom stereocenters. The van der Waals surface area contributed by atoms with Gasteiger partial charge in [0.15, 0.2) is 0 Å². The van der Waals surface area contributed by atoms with Crippen molar-refractivity contribution >= 4 is 0 Å². The van der Waals surface area contributed by atoms with Crippen molar-refractivity contribution in [1.82, 2.24) is 14.9 Å². The third-order valence-corrected chi connectivity index (χ3v) is 3.77. The summed E-state index contributed by atoms with van der Waals surface area (Å²) in [7, 11) is 0. The first-order valence-corrected chi connectivity index (χ1v) is 8.04. The summed E-state index contributed by atoms with van der Waals surface area (Å²) in [5.41, 5.74) is 2.65. The van der Waals surface area contributed by atoms with E-state index in [2.05, 4.69) is 66.1 Å². The maximum Gasteiger partial charge on any atom is 0.110 e. The molecule has 1 aromatic heterocycles. The number of aryl methyl sites for hydroxylation is 2. The smallest absolute Gasteiger partial charge is 0.110 e. The predicted molar refractivity (Wildman–Crippen MR) is 88.4 cm³/mol. The molecule has 0 amide bonds. The zero-order valence-corrected chi connectivity index (χ0v) is 13.5. The van der Waals surface area contributed by atoms with E-state index in [1.54, 1.807) is 0 Å². The molecule has 0 fully saturated rings. The van der Waals surface area contributed by atoms with Gasteiger partial charge in [0.25, 0.3) is 0 Å². The maximum absolute atomic E-state index is 4.55. The number of rotatable bonds is 8. The molecule has 1 aromatic carbocycles. The molecule has 0 aliphatic carbocycles. The average Bonchev–Trinajstić information content (AvgIpc) is 2.92. The van der Waals surface area contributed by atoms with E-state index in [0.29, 0.717) is 6.04 Å². The summed E-state index contributed by atoms with van der Waals surface area (Å²) >= 11 is 0. The molecule has 2 aromatic rings. The number of benzene rings is 1.